The second-order valence-electron chi connectivity index (χ2n) is 4.37. The van der Waals surface area contributed by atoms with E-state index < -0.39 is 0 Å². The summed E-state index contributed by atoms with van der Waals surface area (Å²) in [5.41, 5.74) is 0.591. The monoisotopic (exact) mass is 261 g/mol. The predicted octanol–water partition coefficient (Wildman–Crippen LogP) is 4.21. The Balaban J connectivity index is 2.02. The fraction of sp³-hybridized carbons (Fsp3) is 0. The van der Waals surface area contributed by atoms with Crippen LogP contribution >= 0.6 is 0 Å². The van der Waals surface area contributed by atoms with Gasteiger partial charge in [-0.15, -0.1) is 0 Å². The fourth-order valence-corrected chi connectivity index (χ4v) is 2.08. The Hall–Kier alpha value is -2.99. The average Bonchev–Trinajstić information content (AvgIpc) is 2.49. The summed E-state index contributed by atoms with van der Waals surface area (Å²) in [7, 11) is 0. The number of nitriles is 1. The van der Waals surface area contributed by atoms with E-state index in [1.165, 1.54) is 0 Å². The van der Waals surface area contributed by atoms with Gasteiger partial charge in [-0.1, -0.05) is 24.3 Å². The number of ether oxygens (including phenoxy) is 1. The van der Waals surface area contributed by atoms with Gasteiger partial charge in [-0.3, -0.25) is 0 Å². The fourth-order valence-electron chi connectivity index (χ4n) is 2.08. The lowest BCUT2D eigenvalue weighted by atomic mass is 10.1. The molecule has 0 aromatic heterocycles. The first kappa shape index (κ1) is 12.1. The molecule has 0 aliphatic carbocycles. The molecule has 0 saturated heterocycles. The SMILES string of the molecule is N#Cc1ccc(Oc2cccc3c(O)cccc23)cc1. The van der Waals surface area contributed by atoms with Gasteiger partial charge in [-0.2, -0.15) is 5.26 Å². The summed E-state index contributed by atoms with van der Waals surface area (Å²) in [6, 6.07) is 19.8. The molecule has 0 aliphatic heterocycles. The van der Waals surface area contributed by atoms with Crippen molar-refractivity contribution in [3.8, 4) is 23.3 Å². The van der Waals surface area contributed by atoms with Gasteiger partial charge in [-0.05, 0) is 36.4 Å². The van der Waals surface area contributed by atoms with Gasteiger partial charge in [-0.25, -0.2) is 0 Å². The third kappa shape index (κ3) is 2.15. The van der Waals surface area contributed by atoms with Crippen molar-refractivity contribution in [2.75, 3.05) is 0 Å². The zero-order chi connectivity index (χ0) is 13.9. The molecule has 3 aromatic carbocycles. The topological polar surface area (TPSA) is 53.2 Å². The second-order valence-corrected chi connectivity index (χ2v) is 4.37. The molecule has 20 heavy (non-hydrogen) atoms. The van der Waals surface area contributed by atoms with E-state index in [0.717, 1.165) is 10.8 Å². The average molecular weight is 261 g/mol. The van der Waals surface area contributed by atoms with Gasteiger partial charge >= 0.3 is 0 Å². The van der Waals surface area contributed by atoms with Crippen molar-refractivity contribution < 1.29 is 9.84 Å². The van der Waals surface area contributed by atoms with Gasteiger partial charge in [0.2, 0.25) is 0 Å². The van der Waals surface area contributed by atoms with Crippen molar-refractivity contribution in [3.05, 3.63) is 66.2 Å². The molecule has 0 unspecified atom stereocenters. The summed E-state index contributed by atoms with van der Waals surface area (Å²) in [6.07, 6.45) is 0. The van der Waals surface area contributed by atoms with E-state index in [9.17, 15) is 5.11 Å². The molecule has 0 atom stereocenters. The van der Waals surface area contributed by atoms with Crippen LogP contribution in [0.15, 0.2) is 60.7 Å². The minimum Gasteiger partial charge on any atom is -0.507 e. The maximum atomic E-state index is 9.84. The van der Waals surface area contributed by atoms with Crippen LogP contribution in [0, 0.1) is 11.3 Å². The molecular formula is C17H11NO2. The molecule has 3 heteroatoms. The van der Waals surface area contributed by atoms with E-state index in [1.54, 1.807) is 36.4 Å². The van der Waals surface area contributed by atoms with Crippen LogP contribution in [-0.2, 0) is 0 Å². The van der Waals surface area contributed by atoms with Crippen molar-refractivity contribution >= 4 is 10.8 Å². The van der Waals surface area contributed by atoms with Gasteiger partial charge in [0.05, 0.1) is 11.6 Å². The van der Waals surface area contributed by atoms with Crippen LogP contribution in [-0.4, -0.2) is 5.11 Å². The third-order valence-electron chi connectivity index (χ3n) is 3.07. The van der Waals surface area contributed by atoms with Gasteiger partial charge in [0, 0.05) is 10.8 Å². The Labute approximate surface area is 116 Å². The molecule has 96 valence electrons. The number of aromatic hydroxyl groups is 1. The molecule has 0 amide bonds. The van der Waals surface area contributed by atoms with E-state index in [4.69, 9.17) is 10.00 Å². The zero-order valence-corrected chi connectivity index (χ0v) is 10.6. The maximum absolute atomic E-state index is 9.84. The Kier molecular flexibility index (Phi) is 2.98. The largest absolute Gasteiger partial charge is 0.507 e. The first-order chi connectivity index (χ1) is 9.78. The number of benzene rings is 3. The highest BCUT2D eigenvalue weighted by Gasteiger charge is 2.06. The van der Waals surface area contributed by atoms with E-state index in [0.29, 0.717) is 17.1 Å². The number of rotatable bonds is 2. The summed E-state index contributed by atoms with van der Waals surface area (Å²) in [4.78, 5) is 0. The molecule has 1 N–H and O–H groups in total. The first-order valence-electron chi connectivity index (χ1n) is 6.16. The van der Waals surface area contributed by atoms with Crippen molar-refractivity contribution in [2.24, 2.45) is 0 Å². The minimum absolute atomic E-state index is 0.229. The van der Waals surface area contributed by atoms with Crippen LogP contribution in [0.5, 0.6) is 17.2 Å². The van der Waals surface area contributed by atoms with Crippen LogP contribution in [0.2, 0.25) is 0 Å². The smallest absolute Gasteiger partial charge is 0.135 e. The normalized spacial score (nSPS) is 10.2. The molecule has 0 bridgehead atoms. The molecule has 0 radical (unpaired) electrons. The molecular weight excluding hydrogens is 250 g/mol. The lowest BCUT2D eigenvalue weighted by Gasteiger charge is -2.09. The third-order valence-corrected chi connectivity index (χ3v) is 3.07. The molecule has 3 rings (SSSR count). The molecule has 0 saturated carbocycles. The maximum Gasteiger partial charge on any atom is 0.135 e. The zero-order valence-electron chi connectivity index (χ0n) is 10.6. The highest BCUT2D eigenvalue weighted by Crippen LogP contribution is 2.33. The molecule has 0 spiro atoms. The highest BCUT2D eigenvalue weighted by molar-refractivity contribution is 5.92. The van der Waals surface area contributed by atoms with Crippen LogP contribution in [0.4, 0.5) is 0 Å². The summed E-state index contributed by atoms with van der Waals surface area (Å²) in [5, 5.41) is 20.2. The van der Waals surface area contributed by atoms with E-state index in [-0.39, 0.29) is 5.75 Å². The van der Waals surface area contributed by atoms with E-state index >= 15 is 0 Å². The van der Waals surface area contributed by atoms with Crippen molar-refractivity contribution in [3.63, 3.8) is 0 Å². The summed E-state index contributed by atoms with van der Waals surface area (Å²) in [6.45, 7) is 0. The molecule has 3 nitrogen and oxygen atoms in total. The minimum atomic E-state index is 0.229. The predicted molar refractivity (Wildman–Crippen MR) is 76.8 cm³/mol. The van der Waals surface area contributed by atoms with Crippen LogP contribution in [0.3, 0.4) is 0 Å². The molecule has 3 aromatic rings. The number of phenols is 1. The van der Waals surface area contributed by atoms with Crippen LogP contribution in [0.25, 0.3) is 10.8 Å². The number of nitrogens with zero attached hydrogens (tertiary/aromatic N) is 1. The number of hydrogen-bond donors (Lipinski definition) is 1. The molecule has 0 fully saturated rings. The first-order valence-corrected chi connectivity index (χ1v) is 6.16. The molecule has 0 aliphatic rings. The summed E-state index contributed by atoms with van der Waals surface area (Å²) < 4.78 is 5.83. The lowest BCUT2D eigenvalue weighted by Crippen LogP contribution is -1.86. The number of phenolic OH excluding ortho intramolecular Hbond substituents is 1. The lowest BCUT2D eigenvalue weighted by molar-refractivity contribution is 0.478. The van der Waals surface area contributed by atoms with Gasteiger partial charge in [0.25, 0.3) is 0 Å². The Morgan fingerprint density at radius 2 is 1.55 bits per heavy atom. The van der Waals surface area contributed by atoms with Crippen molar-refractivity contribution in [1.29, 1.82) is 5.26 Å². The molecule has 0 heterocycles. The van der Waals surface area contributed by atoms with Crippen molar-refractivity contribution in [2.45, 2.75) is 0 Å². The van der Waals surface area contributed by atoms with E-state index in [1.807, 2.05) is 24.3 Å². The summed E-state index contributed by atoms with van der Waals surface area (Å²) >= 11 is 0. The highest BCUT2D eigenvalue weighted by atomic mass is 16.5. The van der Waals surface area contributed by atoms with Crippen LogP contribution < -0.4 is 4.74 Å². The quantitative estimate of drug-likeness (QED) is 0.751. The van der Waals surface area contributed by atoms with E-state index in [2.05, 4.69) is 6.07 Å². The standard InChI is InChI=1S/C17H11NO2/c18-11-12-7-9-13(10-8-12)20-17-6-2-3-14-15(17)4-1-5-16(14)19/h1-10,19H. The Morgan fingerprint density at radius 3 is 2.30 bits per heavy atom. The Bertz CT molecular complexity index is 801. The van der Waals surface area contributed by atoms with Gasteiger partial charge in [0.15, 0.2) is 0 Å². The number of fused-ring (bicyclic) bond motifs is 1. The van der Waals surface area contributed by atoms with Gasteiger partial charge in [0.1, 0.15) is 17.2 Å². The second kappa shape index (κ2) is 4.94. The van der Waals surface area contributed by atoms with Crippen LogP contribution in [0.1, 0.15) is 5.56 Å². The Morgan fingerprint density at radius 1 is 0.850 bits per heavy atom. The number of hydrogen-bond acceptors (Lipinski definition) is 3. The van der Waals surface area contributed by atoms with Crippen molar-refractivity contribution in [1.82, 2.24) is 0 Å². The van der Waals surface area contributed by atoms with Gasteiger partial charge < -0.3 is 9.84 Å². The summed E-state index contributed by atoms with van der Waals surface area (Å²) in [5.74, 6) is 1.55.